The first-order valence-electron chi connectivity index (χ1n) is 11.2. The maximum absolute atomic E-state index is 6.94. The van der Waals surface area contributed by atoms with Crippen molar-refractivity contribution in [2.45, 2.75) is 102 Å². The standard InChI is InChI=1S/C22H45ClN2O3Si2/c1-20(2,3)29(7,8)26-16-22(15-23)18(28-30(9,10)21(4,5)6)14-19(27-22)25-13-11-12-24-17-25/h11,13,18-19,24H,12,14-17H2,1-10H3/t18-,19+,22+/m0/s1. The summed E-state index contributed by atoms with van der Waals surface area (Å²) in [6.45, 7) is 24.9. The summed E-state index contributed by atoms with van der Waals surface area (Å²) in [5.41, 5.74) is -0.636. The van der Waals surface area contributed by atoms with E-state index in [2.05, 4.69) is 90.2 Å². The Bertz CT molecular complexity index is 616. The average Bonchev–Trinajstić information content (AvgIpc) is 2.97. The highest BCUT2D eigenvalue weighted by Gasteiger charge is 2.55. The Balaban J connectivity index is 2.30. The molecule has 0 amide bonds. The van der Waals surface area contributed by atoms with E-state index in [0.29, 0.717) is 12.5 Å². The number of nitrogens with zero attached hydrogens (tertiary/aromatic N) is 1. The van der Waals surface area contributed by atoms with Gasteiger partial charge in [-0.25, -0.2) is 0 Å². The van der Waals surface area contributed by atoms with Crippen molar-refractivity contribution in [3.8, 4) is 0 Å². The molecule has 1 fully saturated rings. The van der Waals surface area contributed by atoms with E-state index in [0.717, 1.165) is 19.6 Å². The summed E-state index contributed by atoms with van der Waals surface area (Å²) < 4.78 is 20.3. The van der Waals surface area contributed by atoms with Crippen LogP contribution in [0.4, 0.5) is 0 Å². The first kappa shape index (κ1) is 26.4. The Morgan fingerprint density at radius 2 is 1.70 bits per heavy atom. The molecule has 0 bridgehead atoms. The van der Waals surface area contributed by atoms with Crippen LogP contribution in [0.5, 0.6) is 0 Å². The quantitative estimate of drug-likeness (QED) is 0.388. The summed E-state index contributed by atoms with van der Waals surface area (Å²) in [6.07, 6.45) is 4.91. The first-order valence-corrected chi connectivity index (χ1v) is 17.6. The molecule has 0 spiro atoms. The van der Waals surface area contributed by atoms with E-state index in [9.17, 15) is 0 Å². The van der Waals surface area contributed by atoms with Gasteiger partial charge in [0, 0.05) is 19.2 Å². The number of halogens is 1. The van der Waals surface area contributed by atoms with Gasteiger partial charge in [-0.05, 0) is 36.3 Å². The van der Waals surface area contributed by atoms with Gasteiger partial charge in [-0.3, -0.25) is 5.32 Å². The van der Waals surface area contributed by atoms with Crippen molar-refractivity contribution in [1.29, 1.82) is 0 Å². The molecular formula is C22H45ClN2O3Si2. The maximum atomic E-state index is 6.94. The zero-order valence-corrected chi connectivity index (χ0v) is 23.7. The van der Waals surface area contributed by atoms with E-state index >= 15 is 0 Å². The molecule has 0 radical (unpaired) electrons. The molecule has 0 aromatic rings. The highest BCUT2D eigenvalue weighted by atomic mass is 35.5. The molecule has 0 unspecified atom stereocenters. The summed E-state index contributed by atoms with van der Waals surface area (Å²) >= 11 is 6.64. The lowest BCUT2D eigenvalue weighted by Gasteiger charge is -2.44. The van der Waals surface area contributed by atoms with Crippen molar-refractivity contribution in [3.63, 3.8) is 0 Å². The molecule has 0 aromatic carbocycles. The molecule has 0 saturated carbocycles. The fraction of sp³-hybridized carbons (Fsp3) is 0.909. The molecule has 2 aliphatic heterocycles. The molecule has 2 heterocycles. The van der Waals surface area contributed by atoms with E-state index in [1.165, 1.54) is 0 Å². The van der Waals surface area contributed by atoms with Gasteiger partial charge in [-0.2, -0.15) is 0 Å². The van der Waals surface area contributed by atoms with E-state index in [-0.39, 0.29) is 22.4 Å². The second-order valence-electron chi connectivity index (χ2n) is 11.9. The Morgan fingerprint density at radius 3 is 2.17 bits per heavy atom. The molecule has 30 heavy (non-hydrogen) atoms. The van der Waals surface area contributed by atoms with Crippen LogP contribution in [-0.4, -0.2) is 65.2 Å². The molecular weight excluding hydrogens is 432 g/mol. The maximum Gasteiger partial charge on any atom is 0.192 e. The third-order valence-electron chi connectivity index (χ3n) is 7.55. The fourth-order valence-corrected chi connectivity index (χ4v) is 5.93. The van der Waals surface area contributed by atoms with Crippen LogP contribution in [0.3, 0.4) is 0 Å². The molecule has 2 rings (SSSR count). The van der Waals surface area contributed by atoms with Crippen LogP contribution in [0.1, 0.15) is 48.0 Å². The summed E-state index contributed by atoms with van der Waals surface area (Å²) in [6, 6.07) is 0. The zero-order chi connectivity index (χ0) is 23.0. The number of hydrogen-bond donors (Lipinski definition) is 1. The fourth-order valence-electron chi connectivity index (χ4n) is 3.20. The molecule has 8 heteroatoms. The lowest BCUT2D eigenvalue weighted by atomic mass is 10.0. The molecule has 176 valence electrons. The van der Waals surface area contributed by atoms with Crippen LogP contribution in [0.15, 0.2) is 12.3 Å². The number of hydrogen-bond acceptors (Lipinski definition) is 5. The molecule has 1 saturated heterocycles. The minimum absolute atomic E-state index is 0.0643. The van der Waals surface area contributed by atoms with Crippen molar-refractivity contribution in [2.24, 2.45) is 0 Å². The van der Waals surface area contributed by atoms with Crippen molar-refractivity contribution in [1.82, 2.24) is 10.2 Å². The molecule has 1 N–H and O–H groups in total. The number of rotatable bonds is 7. The smallest absolute Gasteiger partial charge is 0.192 e. The summed E-state index contributed by atoms with van der Waals surface area (Å²) in [4.78, 5) is 2.21. The van der Waals surface area contributed by atoms with Gasteiger partial charge in [0.15, 0.2) is 16.6 Å². The van der Waals surface area contributed by atoms with Crippen molar-refractivity contribution < 1.29 is 13.6 Å². The molecule has 2 aliphatic rings. The van der Waals surface area contributed by atoms with Gasteiger partial charge < -0.3 is 18.5 Å². The topological polar surface area (TPSA) is 43.0 Å². The highest BCUT2D eigenvalue weighted by molar-refractivity contribution is 6.74. The molecule has 5 nitrogen and oxygen atoms in total. The average molecular weight is 477 g/mol. The number of ether oxygens (including phenoxy) is 1. The van der Waals surface area contributed by atoms with E-state index in [1.807, 2.05) is 0 Å². The van der Waals surface area contributed by atoms with Gasteiger partial charge in [0.05, 0.1) is 25.3 Å². The second-order valence-corrected chi connectivity index (χ2v) is 21.8. The van der Waals surface area contributed by atoms with Gasteiger partial charge in [0.25, 0.3) is 0 Å². The molecule has 0 aromatic heterocycles. The number of nitrogens with one attached hydrogen (secondary N) is 1. The lowest BCUT2D eigenvalue weighted by Crippen LogP contribution is -2.56. The van der Waals surface area contributed by atoms with E-state index in [4.69, 9.17) is 25.2 Å². The van der Waals surface area contributed by atoms with E-state index < -0.39 is 22.2 Å². The predicted molar refractivity (Wildman–Crippen MR) is 132 cm³/mol. The van der Waals surface area contributed by atoms with Crippen LogP contribution >= 0.6 is 11.6 Å². The lowest BCUT2D eigenvalue weighted by molar-refractivity contribution is -0.122. The minimum Gasteiger partial charge on any atom is -0.414 e. The Hall–Kier alpha value is 0.104. The monoisotopic (exact) mass is 476 g/mol. The third kappa shape index (κ3) is 5.72. The van der Waals surface area contributed by atoms with Crippen LogP contribution in [0, 0.1) is 0 Å². The van der Waals surface area contributed by atoms with Gasteiger partial charge in [-0.15, -0.1) is 11.6 Å². The summed E-state index contributed by atoms with van der Waals surface area (Å²) in [7, 11) is -3.95. The Labute approximate surface area is 192 Å². The minimum atomic E-state index is -2.00. The normalized spacial score (nSPS) is 29.0. The summed E-state index contributed by atoms with van der Waals surface area (Å²) in [5, 5.41) is 3.64. The second kappa shape index (κ2) is 9.16. The van der Waals surface area contributed by atoms with Crippen LogP contribution in [0.25, 0.3) is 0 Å². The van der Waals surface area contributed by atoms with Gasteiger partial charge >= 0.3 is 0 Å². The van der Waals surface area contributed by atoms with Gasteiger partial charge in [0.1, 0.15) is 11.8 Å². The van der Waals surface area contributed by atoms with Crippen LogP contribution in [0.2, 0.25) is 36.3 Å². The van der Waals surface area contributed by atoms with E-state index in [1.54, 1.807) is 0 Å². The Morgan fingerprint density at radius 1 is 1.10 bits per heavy atom. The first-order chi connectivity index (χ1) is 13.5. The SMILES string of the molecule is CC(C)(C)[Si](C)(C)OC[C@@]1(CCl)O[C@@H](N2C=CCNC2)C[C@@H]1O[Si](C)(C)C(C)(C)C. The van der Waals surface area contributed by atoms with Crippen molar-refractivity contribution in [3.05, 3.63) is 12.3 Å². The zero-order valence-electron chi connectivity index (χ0n) is 20.9. The van der Waals surface area contributed by atoms with Crippen molar-refractivity contribution in [2.75, 3.05) is 25.7 Å². The predicted octanol–water partition coefficient (Wildman–Crippen LogP) is 5.50. The van der Waals surface area contributed by atoms with Crippen LogP contribution < -0.4 is 5.32 Å². The summed E-state index contributed by atoms with van der Waals surface area (Å²) in [5.74, 6) is 0.363. The molecule has 0 aliphatic carbocycles. The van der Waals surface area contributed by atoms with Gasteiger partial charge in [0.2, 0.25) is 0 Å². The van der Waals surface area contributed by atoms with Gasteiger partial charge in [-0.1, -0.05) is 47.6 Å². The molecule has 3 atom stereocenters. The van der Waals surface area contributed by atoms with Crippen molar-refractivity contribution >= 4 is 28.2 Å². The largest absolute Gasteiger partial charge is 0.414 e. The number of alkyl halides is 1. The highest BCUT2D eigenvalue weighted by Crippen LogP contribution is 2.45. The Kier molecular flexibility index (Phi) is 8.04. The third-order valence-corrected chi connectivity index (χ3v) is 17.0. The van der Waals surface area contributed by atoms with Crippen LogP contribution in [-0.2, 0) is 13.6 Å².